The number of hydrogen-bond acceptors (Lipinski definition) is 5. The maximum absolute atomic E-state index is 12.1. The van der Waals surface area contributed by atoms with Gasteiger partial charge in [-0.15, -0.1) is 11.3 Å². The number of ether oxygens (including phenoxy) is 1. The Kier molecular flexibility index (Phi) is 5.88. The molecule has 1 unspecified atom stereocenters. The van der Waals surface area contributed by atoms with Crippen molar-refractivity contribution in [3.63, 3.8) is 0 Å². The van der Waals surface area contributed by atoms with E-state index in [0.29, 0.717) is 0 Å². The fourth-order valence-corrected chi connectivity index (χ4v) is 2.74. The molecular weight excluding hydrogens is 304 g/mol. The van der Waals surface area contributed by atoms with Gasteiger partial charge in [-0.3, -0.25) is 9.59 Å². The van der Waals surface area contributed by atoms with Crippen molar-refractivity contribution in [3.05, 3.63) is 56.6 Å². The molecule has 7 heteroatoms. The van der Waals surface area contributed by atoms with E-state index in [4.69, 9.17) is 9.84 Å². The van der Waals surface area contributed by atoms with Crippen molar-refractivity contribution in [2.75, 3.05) is 19.8 Å². The molecule has 1 atom stereocenters. The van der Waals surface area contributed by atoms with Gasteiger partial charge in [-0.2, -0.15) is 0 Å². The summed E-state index contributed by atoms with van der Waals surface area (Å²) in [6, 6.07) is 6.94. The number of amides is 1. The molecule has 0 spiro atoms. The number of nitrogens with one attached hydrogen (secondary N) is 1. The molecule has 0 fully saturated rings. The van der Waals surface area contributed by atoms with E-state index in [1.165, 1.54) is 22.0 Å². The van der Waals surface area contributed by atoms with Crippen LogP contribution >= 0.6 is 11.3 Å². The lowest BCUT2D eigenvalue weighted by molar-refractivity contribution is 0.0296. The molecule has 2 rings (SSSR count). The number of thiophene rings is 1. The molecule has 2 aromatic rings. The van der Waals surface area contributed by atoms with E-state index in [1.54, 1.807) is 19.3 Å². The number of hydrogen-bond donors (Lipinski definition) is 2. The van der Waals surface area contributed by atoms with Crippen molar-refractivity contribution in [1.82, 2.24) is 9.88 Å². The van der Waals surface area contributed by atoms with Crippen LogP contribution in [0.4, 0.5) is 0 Å². The summed E-state index contributed by atoms with van der Waals surface area (Å²) >= 11 is 1.51. The fourth-order valence-electron chi connectivity index (χ4n) is 1.96. The molecule has 1 amide bonds. The molecule has 118 valence electrons. The van der Waals surface area contributed by atoms with Gasteiger partial charge < -0.3 is 19.7 Å². The quantitative estimate of drug-likeness (QED) is 0.794. The first-order valence-electron chi connectivity index (χ1n) is 6.83. The van der Waals surface area contributed by atoms with Crippen LogP contribution < -0.4 is 10.9 Å². The van der Waals surface area contributed by atoms with E-state index in [0.717, 1.165) is 4.88 Å². The van der Waals surface area contributed by atoms with Crippen molar-refractivity contribution in [1.29, 1.82) is 0 Å². The Balaban J connectivity index is 2.04. The number of rotatable bonds is 7. The molecule has 2 N–H and O–H groups in total. The third-order valence-corrected chi connectivity index (χ3v) is 4.05. The molecule has 0 aliphatic rings. The van der Waals surface area contributed by atoms with Crippen LogP contribution in [0.25, 0.3) is 0 Å². The Morgan fingerprint density at radius 2 is 2.27 bits per heavy atom. The number of aliphatic hydroxyl groups is 1. The van der Waals surface area contributed by atoms with E-state index in [-0.39, 0.29) is 37.0 Å². The zero-order chi connectivity index (χ0) is 15.9. The van der Waals surface area contributed by atoms with Crippen LogP contribution in [0.3, 0.4) is 0 Å². The molecule has 2 heterocycles. The van der Waals surface area contributed by atoms with Gasteiger partial charge in [0.2, 0.25) is 0 Å². The van der Waals surface area contributed by atoms with E-state index in [1.807, 2.05) is 17.5 Å². The molecule has 0 aromatic carbocycles. The van der Waals surface area contributed by atoms with Crippen LogP contribution in [0.15, 0.2) is 40.6 Å². The molecule has 0 aliphatic heterocycles. The number of pyridine rings is 1. The van der Waals surface area contributed by atoms with E-state index >= 15 is 0 Å². The minimum Gasteiger partial charge on any atom is -0.394 e. The Morgan fingerprint density at radius 1 is 1.45 bits per heavy atom. The summed E-state index contributed by atoms with van der Waals surface area (Å²) in [6.45, 7) is 0.331. The van der Waals surface area contributed by atoms with Crippen molar-refractivity contribution >= 4 is 17.2 Å². The maximum Gasteiger partial charge on any atom is 0.263 e. The highest BCUT2D eigenvalue weighted by atomic mass is 32.1. The Hall–Kier alpha value is -1.96. The third-order valence-electron chi connectivity index (χ3n) is 3.09. The largest absolute Gasteiger partial charge is 0.394 e. The summed E-state index contributed by atoms with van der Waals surface area (Å²) in [5, 5.41) is 13.5. The number of carbonyl (C=O) groups is 1. The Bertz CT molecular complexity index is 666. The highest BCUT2D eigenvalue weighted by Gasteiger charge is 2.17. The number of aromatic nitrogens is 1. The zero-order valence-electron chi connectivity index (χ0n) is 12.2. The van der Waals surface area contributed by atoms with Gasteiger partial charge in [-0.25, -0.2) is 0 Å². The third kappa shape index (κ3) is 4.03. The topological polar surface area (TPSA) is 80.6 Å². The minimum atomic E-state index is -0.435. The molecule has 0 saturated heterocycles. The second kappa shape index (κ2) is 7.88. The number of nitrogens with zero attached hydrogens (tertiary/aromatic N) is 1. The molecule has 0 bridgehead atoms. The summed E-state index contributed by atoms with van der Waals surface area (Å²) in [7, 11) is 1.60. The van der Waals surface area contributed by atoms with Crippen LogP contribution in [0.1, 0.15) is 21.3 Å². The van der Waals surface area contributed by atoms with Crippen molar-refractivity contribution in [3.8, 4) is 0 Å². The molecular formula is C15H18N2O4S. The lowest BCUT2D eigenvalue weighted by Gasteiger charge is -2.16. The molecule has 0 saturated carbocycles. The molecule has 0 aliphatic carbocycles. The predicted molar refractivity (Wildman–Crippen MR) is 84.1 cm³/mol. The van der Waals surface area contributed by atoms with Gasteiger partial charge in [-0.05, 0) is 23.6 Å². The number of carbonyl (C=O) groups excluding carboxylic acids is 1. The normalized spacial score (nSPS) is 12.1. The number of aliphatic hydroxyl groups excluding tert-OH is 1. The van der Waals surface area contributed by atoms with Gasteiger partial charge in [0, 0.05) is 24.7 Å². The monoisotopic (exact) mass is 322 g/mol. The van der Waals surface area contributed by atoms with Gasteiger partial charge in [0.15, 0.2) is 0 Å². The van der Waals surface area contributed by atoms with Gasteiger partial charge in [-0.1, -0.05) is 6.07 Å². The fraction of sp³-hybridized carbons (Fsp3) is 0.333. The van der Waals surface area contributed by atoms with Crippen molar-refractivity contribution in [2.24, 2.45) is 7.05 Å². The van der Waals surface area contributed by atoms with E-state index < -0.39 is 5.91 Å². The summed E-state index contributed by atoms with van der Waals surface area (Å²) in [5.74, 6) is -0.435. The molecule has 2 aromatic heterocycles. The lowest BCUT2D eigenvalue weighted by Crippen LogP contribution is -2.34. The molecule has 22 heavy (non-hydrogen) atoms. The smallest absolute Gasteiger partial charge is 0.263 e. The highest BCUT2D eigenvalue weighted by Crippen LogP contribution is 2.21. The maximum atomic E-state index is 12.1. The summed E-state index contributed by atoms with van der Waals surface area (Å²) < 4.78 is 6.89. The Morgan fingerprint density at radius 3 is 2.95 bits per heavy atom. The summed E-state index contributed by atoms with van der Waals surface area (Å²) in [4.78, 5) is 25.0. The van der Waals surface area contributed by atoms with Gasteiger partial charge >= 0.3 is 0 Å². The van der Waals surface area contributed by atoms with Gasteiger partial charge in [0.25, 0.3) is 11.5 Å². The standard InChI is InChI=1S/C15H18N2O4S/c1-17-6-2-4-11(15(17)20)14(19)16-10-12(21-8-7-18)13-5-3-9-22-13/h2-6,9,12,18H,7-8,10H2,1H3,(H,16,19). The summed E-state index contributed by atoms with van der Waals surface area (Å²) in [6.07, 6.45) is 1.25. The van der Waals surface area contributed by atoms with Crippen LogP contribution in [-0.2, 0) is 11.8 Å². The first kappa shape index (κ1) is 16.4. The second-order valence-electron chi connectivity index (χ2n) is 4.65. The minimum absolute atomic E-state index is 0.0882. The zero-order valence-corrected chi connectivity index (χ0v) is 13.0. The molecule has 0 radical (unpaired) electrons. The van der Waals surface area contributed by atoms with E-state index in [2.05, 4.69) is 5.32 Å². The van der Waals surface area contributed by atoms with Crippen LogP contribution in [-0.4, -0.2) is 35.3 Å². The average molecular weight is 322 g/mol. The number of aryl methyl sites for hydroxylation is 1. The van der Waals surface area contributed by atoms with Crippen LogP contribution in [0.5, 0.6) is 0 Å². The first-order chi connectivity index (χ1) is 10.6. The van der Waals surface area contributed by atoms with Crippen LogP contribution in [0, 0.1) is 0 Å². The predicted octanol–water partition coefficient (Wildman–Crippen LogP) is 0.927. The SMILES string of the molecule is Cn1cccc(C(=O)NCC(OCCO)c2cccs2)c1=O. The lowest BCUT2D eigenvalue weighted by atomic mass is 10.2. The molecule has 6 nitrogen and oxygen atoms in total. The highest BCUT2D eigenvalue weighted by molar-refractivity contribution is 7.10. The first-order valence-corrected chi connectivity index (χ1v) is 7.71. The van der Waals surface area contributed by atoms with Crippen molar-refractivity contribution in [2.45, 2.75) is 6.10 Å². The van der Waals surface area contributed by atoms with Crippen LogP contribution in [0.2, 0.25) is 0 Å². The van der Waals surface area contributed by atoms with Gasteiger partial charge in [0.1, 0.15) is 11.7 Å². The second-order valence-corrected chi connectivity index (χ2v) is 5.63. The van der Waals surface area contributed by atoms with E-state index in [9.17, 15) is 9.59 Å². The Labute approximate surface area is 132 Å². The average Bonchev–Trinajstić information content (AvgIpc) is 3.04. The van der Waals surface area contributed by atoms with Crippen molar-refractivity contribution < 1.29 is 14.6 Å². The van der Waals surface area contributed by atoms with Gasteiger partial charge in [0.05, 0.1) is 13.2 Å². The summed E-state index contributed by atoms with van der Waals surface area (Å²) in [5.41, 5.74) is -0.249.